The highest BCUT2D eigenvalue weighted by Crippen LogP contribution is 2.11. The first-order valence-electron chi connectivity index (χ1n) is 7.93. The van der Waals surface area contributed by atoms with E-state index in [1.54, 1.807) is 0 Å². The second-order valence-corrected chi connectivity index (χ2v) is 6.10. The molecule has 1 heterocycles. The van der Waals surface area contributed by atoms with Crippen LogP contribution < -0.4 is 10.1 Å². The number of ether oxygens (including phenoxy) is 1. The predicted octanol–water partition coefficient (Wildman–Crippen LogP) is 1.13. The van der Waals surface area contributed by atoms with Crippen LogP contribution in [-0.4, -0.2) is 68.1 Å². The van der Waals surface area contributed by atoms with E-state index in [1.807, 2.05) is 31.2 Å². The average Bonchev–Trinajstić information content (AvgIpc) is 2.47. The number of hydrogen-bond donors (Lipinski definition) is 1. The summed E-state index contributed by atoms with van der Waals surface area (Å²) in [7, 11) is 2.12. The van der Waals surface area contributed by atoms with Crippen molar-refractivity contribution in [2.75, 3.05) is 46.4 Å². The van der Waals surface area contributed by atoms with Gasteiger partial charge in [-0.25, -0.2) is 0 Å². The molecule has 1 saturated heterocycles. The Balaban J connectivity index is 1.63. The van der Waals surface area contributed by atoms with E-state index >= 15 is 0 Å². The highest BCUT2D eigenvalue weighted by atomic mass is 16.5. The van der Waals surface area contributed by atoms with Crippen molar-refractivity contribution in [3.05, 3.63) is 29.8 Å². The van der Waals surface area contributed by atoms with Gasteiger partial charge in [0.25, 0.3) is 0 Å². The van der Waals surface area contributed by atoms with Gasteiger partial charge in [0.2, 0.25) is 5.91 Å². The average molecular weight is 305 g/mol. The van der Waals surface area contributed by atoms with Crippen LogP contribution in [0.1, 0.15) is 12.5 Å². The van der Waals surface area contributed by atoms with Gasteiger partial charge in [0.05, 0.1) is 13.1 Å². The Morgan fingerprint density at radius 1 is 1.41 bits per heavy atom. The highest BCUT2D eigenvalue weighted by molar-refractivity contribution is 5.78. The van der Waals surface area contributed by atoms with Gasteiger partial charge in [-0.05, 0) is 38.6 Å². The second kappa shape index (κ2) is 8.15. The Hall–Kier alpha value is -1.59. The van der Waals surface area contributed by atoms with Crippen LogP contribution in [0.15, 0.2) is 24.3 Å². The number of likely N-dealkylation sites (N-methyl/N-ethyl adjacent to an activating group) is 1. The van der Waals surface area contributed by atoms with Crippen LogP contribution in [0.2, 0.25) is 0 Å². The molecular formula is C17H27N3O2. The normalized spacial score (nSPS) is 19.9. The van der Waals surface area contributed by atoms with Crippen molar-refractivity contribution in [1.82, 2.24) is 15.1 Å². The molecule has 1 aliphatic heterocycles. The Morgan fingerprint density at radius 2 is 2.23 bits per heavy atom. The number of piperazine rings is 1. The molecule has 5 heteroatoms. The molecule has 0 unspecified atom stereocenters. The van der Waals surface area contributed by atoms with E-state index in [-0.39, 0.29) is 5.91 Å². The molecule has 0 radical (unpaired) electrons. The van der Waals surface area contributed by atoms with Crippen molar-refractivity contribution in [3.63, 3.8) is 0 Å². The molecule has 1 amide bonds. The summed E-state index contributed by atoms with van der Waals surface area (Å²) >= 11 is 0. The first kappa shape index (κ1) is 16.8. The lowest BCUT2D eigenvalue weighted by atomic mass is 10.2. The maximum Gasteiger partial charge on any atom is 0.234 e. The Labute approximate surface area is 133 Å². The molecule has 122 valence electrons. The minimum absolute atomic E-state index is 0.0734. The number of hydrogen-bond acceptors (Lipinski definition) is 4. The van der Waals surface area contributed by atoms with Crippen LogP contribution in [0, 0.1) is 6.92 Å². The second-order valence-electron chi connectivity index (χ2n) is 6.10. The van der Waals surface area contributed by atoms with Crippen LogP contribution in [0.25, 0.3) is 0 Å². The SMILES string of the molecule is Cc1cccc(OCCNC(=O)CN2CCN(C)C[C@@H]2C)c1. The fourth-order valence-electron chi connectivity index (χ4n) is 2.72. The maximum absolute atomic E-state index is 12.0. The molecule has 0 aliphatic carbocycles. The summed E-state index contributed by atoms with van der Waals surface area (Å²) in [5.41, 5.74) is 1.17. The van der Waals surface area contributed by atoms with Crippen LogP contribution in [-0.2, 0) is 4.79 Å². The summed E-state index contributed by atoms with van der Waals surface area (Å²) in [6.45, 7) is 8.69. The molecule has 1 aliphatic rings. The molecule has 5 nitrogen and oxygen atoms in total. The van der Waals surface area contributed by atoms with E-state index in [4.69, 9.17) is 4.74 Å². The van der Waals surface area contributed by atoms with Crippen LogP contribution in [0.5, 0.6) is 5.75 Å². The summed E-state index contributed by atoms with van der Waals surface area (Å²) in [4.78, 5) is 16.5. The van der Waals surface area contributed by atoms with Gasteiger partial charge in [0, 0.05) is 25.7 Å². The number of rotatable bonds is 6. The number of benzene rings is 1. The zero-order chi connectivity index (χ0) is 15.9. The molecule has 0 aromatic heterocycles. The zero-order valence-corrected chi connectivity index (χ0v) is 13.8. The molecule has 1 atom stereocenters. The Kier molecular flexibility index (Phi) is 6.21. The van der Waals surface area contributed by atoms with Gasteiger partial charge in [-0.3, -0.25) is 9.69 Å². The monoisotopic (exact) mass is 305 g/mol. The van der Waals surface area contributed by atoms with Gasteiger partial charge in [-0.15, -0.1) is 0 Å². The molecule has 0 spiro atoms. The Morgan fingerprint density at radius 3 is 2.95 bits per heavy atom. The van der Waals surface area contributed by atoms with Gasteiger partial charge in [-0.1, -0.05) is 12.1 Å². The number of carbonyl (C=O) groups excluding carboxylic acids is 1. The van der Waals surface area contributed by atoms with E-state index in [0.717, 1.165) is 25.4 Å². The highest BCUT2D eigenvalue weighted by Gasteiger charge is 2.22. The molecular weight excluding hydrogens is 278 g/mol. The van der Waals surface area contributed by atoms with Gasteiger partial charge in [0.1, 0.15) is 12.4 Å². The largest absolute Gasteiger partial charge is 0.492 e. The number of aryl methyl sites for hydroxylation is 1. The first-order chi connectivity index (χ1) is 10.5. The maximum atomic E-state index is 12.0. The molecule has 1 fully saturated rings. The third kappa shape index (κ3) is 5.31. The van der Waals surface area contributed by atoms with Crippen molar-refractivity contribution < 1.29 is 9.53 Å². The van der Waals surface area contributed by atoms with Crippen LogP contribution in [0.4, 0.5) is 0 Å². The van der Waals surface area contributed by atoms with E-state index in [9.17, 15) is 4.79 Å². The molecule has 0 bridgehead atoms. The quantitative estimate of drug-likeness (QED) is 0.800. The van der Waals surface area contributed by atoms with Crippen molar-refractivity contribution in [2.45, 2.75) is 19.9 Å². The summed E-state index contributed by atoms with van der Waals surface area (Å²) in [5.74, 6) is 0.922. The topological polar surface area (TPSA) is 44.8 Å². The lowest BCUT2D eigenvalue weighted by Crippen LogP contribution is -2.53. The minimum atomic E-state index is 0.0734. The summed E-state index contributed by atoms with van der Waals surface area (Å²) in [6.07, 6.45) is 0. The number of amides is 1. The standard InChI is InChI=1S/C17H27N3O2/c1-14-5-4-6-16(11-14)22-10-7-18-17(21)13-20-9-8-19(3)12-15(20)2/h4-6,11,15H,7-10,12-13H2,1-3H3,(H,18,21)/t15-/m0/s1. The van der Waals surface area contributed by atoms with Crippen molar-refractivity contribution in [3.8, 4) is 5.75 Å². The number of carbonyl (C=O) groups is 1. The van der Waals surface area contributed by atoms with Gasteiger partial charge < -0.3 is 15.0 Å². The van der Waals surface area contributed by atoms with Gasteiger partial charge in [0.15, 0.2) is 0 Å². The summed E-state index contributed by atoms with van der Waals surface area (Å²) < 4.78 is 5.63. The van der Waals surface area contributed by atoms with Gasteiger partial charge in [-0.2, -0.15) is 0 Å². The predicted molar refractivity (Wildman–Crippen MR) is 88.2 cm³/mol. The number of nitrogens with one attached hydrogen (secondary N) is 1. The van der Waals surface area contributed by atoms with E-state index in [2.05, 4.69) is 29.1 Å². The fraction of sp³-hybridized carbons (Fsp3) is 0.588. The number of nitrogens with zero attached hydrogens (tertiary/aromatic N) is 2. The molecule has 1 N–H and O–H groups in total. The Bertz CT molecular complexity index is 493. The van der Waals surface area contributed by atoms with Crippen molar-refractivity contribution in [2.24, 2.45) is 0 Å². The molecule has 0 saturated carbocycles. The lowest BCUT2D eigenvalue weighted by Gasteiger charge is -2.37. The van der Waals surface area contributed by atoms with Crippen molar-refractivity contribution >= 4 is 5.91 Å². The van der Waals surface area contributed by atoms with Crippen molar-refractivity contribution in [1.29, 1.82) is 0 Å². The van der Waals surface area contributed by atoms with E-state index in [1.165, 1.54) is 5.56 Å². The van der Waals surface area contributed by atoms with E-state index in [0.29, 0.717) is 25.7 Å². The van der Waals surface area contributed by atoms with Crippen LogP contribution in [0.3, 0.4) is 0 Å². The first-order valence-corrected chi connectivity index (χ1v) is 7.93. The molecule has 1 aromatic rings. The zero-order valence-electron chi connectivity index (χ0n) is 13.8. The molecule has 1 aromatic carbocycles. The summed E-state index contributed by atoms with van der Waals surface area (Å²) in [5, 5.41) is 2.93. The van der Waals surface area contributed by atoms with E-state index < -0.39 is 0 Å². The van der Waals surface area contributed by atoms with Crippen LogP contribution >= 0.6 is 0 Å². The third-order valence-electron chi connectivity index (χ3n) is 4.00. The van der Waals surface area contributed by atoms with Gasteiger partial charge >= 0.3 is 0 Å². The minimum Gasteiger partial charge on any atom is -0.492 e. The summed E-state index contributed by atoms with van der Waals surface area (Å²) in [6, 6.07) is 8.35. The third-order valence-corrected chi connectivity index (χ3v) is 4.00. The molecule has 2 rings (SSSR count). The smallest absolute Gasteiger partial charge is 0.234 e. The lowest BCUT2D eigenvalue weighted by molar-refractivity contribution is -0.123. The molecule has 22 heavy (non-hydrogen) atoms. The fourth-order valence-corrected chi connectivity index (χ4v) is 2.72.